The van der Waals surface area contributed by atoms with Gasteiger partial charge in [-0.15, -0.1) is 0 Å². The molecule has 1 saturated heterocycles. The normalized spacial score (nSPS) is 19.8. The predicted molar refractivity (Wildman–Crippen MR) is 74.4 cm³/mol. The number of piperidine rings is 1. The van der Waals surface area contributed by atoms with Gasteiger partial charge in [0.15, 0.2) is 11.5 Å². The van der Waals surface area contributed by atoms with Gasteiger partial charge in [-0.2, -0.15) is 0 Å². The standard InChI is InChI=1S/C14H18BrNO2/c15-12-1-2-13-14(18-8-7-17-13)11(12)9-10-3-5-16-6-4-10/h1-2,10,16H,3-9H2. The van der Waals surface area contributed by atoms with Crippen molar-refractivity contribution in [2.24, 2.45) is 5.92 Å². The van der Waals surface area contributed by atoms with E-state index in [-0.39, 0.29) is 0 Å². The van der Waals surface area contributed by atoms with Crippen LogP contribution in [0.15, 0.2) is 16.6 Å². The van der Waals surface area contributed by atoms with E-state index in [1.807, 2.05) is 6.07 Å². The van der Waals surface area contributed by atoms with E-state index in [0.29, 0.717) is 13.2 Å². The van der Waals surface area contributed by atoms with Gasteiger partial charge in [-0.05, 0) is 50.4 Å². The zero-order valence-electron chi connectivity index (χ0n) is 10.4. The van der Waals surface area contributed by atoms with Crippen molar-refractivity contribution in [3.8, 4) is 11.5 Å². The Labute approximate surface area is 116 Å². The fourth-order valence-corrected chi connectivity index (χ4v) is 3.19. The van der Waals surface area contributed by atoms with Gasteiger partial charge in [0.25, 0.3) is 0 Å². The fourth-order valence-electron chi connectivity index (χ4n) is 2.71. The Kier molecular flexibility index (Phi) is 3.75. The van der Waals surface area contributed by atoms with Crippen LogP contribution in [0.5, 0.6) is 11.5 Å². The summed E-state index contributed by atoms with van der Waals surface area (Å²) in [6, 6.07) is 4.06. The van der Waals surface area contributed by atoms with Crippen LogP contribution in [0.4, 0.5) is 0 Å². The average molecular weight is 312 g/mol. The molecule has 3 rings (SSSR count). The first-order valence-electron chi connectivity index (χ1n) is 6.62. The Morgan fingerprint density at radius 3 is 2.78 bits per heavy atom. The third kappa shape index (κ3) is 2.50. The Bertz CT molecular complexity index is 430. The molecular weight excluding hydrogens is 294 g/mol. The first kappa shape index (κ1) is 12.3. The van der Waals surface area contributed by atoms with Crippen LogP contribution in [-0.4, -0.2) is 26.3 Å². The zero-order valence-corrected chi connectivity index (χ0v) is 12.0. The number of benzene rings is 1. The quantitative estimate of drug-likeness (QED) is 0.911. The van der Waals surface area contributed by atoms with Crippen LogP contribution >= 0.6 is 15.9 Å². The lowest BCUT2D eigenvalue weighted by molar-refractivity contribution is 0.169. The smallest absolute Gasteiger partial charge is 0.165 e. The molecule has 0 unspecified atom stereocenters. The van der Waals surface area contributed by atoms with E-state index in [9.17, 15) is 0 Å². The van der Waals surface area contributed by atoms with E-state index >= 15 is 0 Å². The van der Waals surface area contributed by atoms with Gasteiger partial charge in [0.05, 0.1) is 0 Å². The van der Waals surface area contributed by atoms with Crippen molar-refractivity contribution in [1.29, 1.82) is 0 Å². The van der Waals surface area contributed by atoms with E-state index in [1.165, 1.54) is 18.4 Å². The van der Waals surface area contributed by atoms with Crippen LogP contribution in [0, 0.1) is 5.92 Å². The highest BCUT2D eigenvalue weighted by atomic mass is 79.9. The summed E-state index contributed by atoms with van der Waals surface area (Å²) >= 11 is 3.65. The molecule has 1 aromatic carbocycles. The molecule has 1 N–H and O–H groups in total. The maximum atomic E-state index is 5.81. The van der Waals surface area contributed by atoms with Crippen LogP contribution in [-0.2, 0) is 6.42 Å². The van der Waals surface area contributed by atoms with Crippen LogP contribution < -0.4 is 14.8 Å². The molecule has 2 aliphatic rings. The maximum absolute atomic E-state index is 5.81. The Morgan fingerprint density at radius 2 is 1.94 bits per heavy atom. The van der Waals surface area contributed by atoms with Crippen molar-refractivity contribution in [2.45, 2.75) is 19.3 Å². The summed E-state index contributed by atoms with van der Waals surface area (Å²) < 4.78 is 12.6. The zero-order chi connectivity index (χ0) is 12.4. The summed E-state index contributed by atoms with van der Waals surface area (Å²) in [5.74, 6) is 2.60. The monoisotopic (exact) mass is 311 g/mol. The molecule has 0 bridgehead atoms. The molecule has 2 aliphatic heterocycles. The Morgan fingerprint density at radius 1 is 1.17 bits per heavy atom. The molecule has 0 aliphatic carbocycles. The first-order chi connectivity index (χ1) is 8.84. The summed E-state index contributed by atoms with van der Waals surface area (Å²) in [6.07, 6.45) is 3.57. The number of ether oxygens (including phenoxy) is 2. The van der Waals surface area contributed by atoms with Crippen molar-refractivity contribution in [3.05, 3.63) is 22.2 Å². The number of fused-ring (bicyclic) bond motifs is 1. The molecule has 0 radical (unpaired) electrons. The highest BCUT2D eigenvalue weighted by Crippen LogP contribution is 2.40. The Hall–Kier alpha value is -0.740. The predicted octanol–water partition coefficient (Wildman–Crippen LogP) is 2.76. The number of halogens is 1. The van der Waals surface area contributed by atoms with Gasteiger partial charge in [0.1, 0.15) is 13.2 Å². The SMILES string of the molecule is Brc1ccc2c(c1CC1CCNCC1)OCCO2. The van der Waals surface area contributed by atoms with E-state index in [0.717, 1.165) is 41.4 Å². The minimum atomic E-state index is 0.654. The second-order valence-corrected chi connectivity index (χ2v) is 5.80. The van der Waals surface area contributed by atoms with Crippen LogP contribution in [0.25, 0.3) is 0 Å². The summed E-state index contributed by atoms with van der Waals surface area (Å²) in [7, 11) is 0. The van der Waals surface area contributed by atoms with Crippen molar-refractivity contribution in [1.82, 2.24) is 5.32 Å². The molecular formula is C14H18BrNO2. The van der Waals surface area contributed by atoms with Crippen LogP contribution in [0.1, 0.15) is 18.4 Å². The third-order valence-electron chi connectivity index (χ3n) is 3.71. The molecule has 0 saturated carbocycles. The molecule has 0 amide bonds. The molecule has 3 nitrogen and oxygen atoms in total. The van der Waals surface area contributed by atoms with E-state index in [4.69, 9.17) is 9.47 Å². The molecule has 98 valence electrons. The van der Waals surface area contributed by atoms with Gasteiger partial charge >= 0.3 is 0 Å². The van der Waals surface area contributed by atoms with Gasteiger partial charge in [-0.3, -0.25) is 0 Å². The minimum absolute atomic E-state index is 0.654. The number of hydrogen-bond donors (Lipinski definition) is 1. The van der Waals surface area contributed by atoms with E-state index in [1.54, 1.807) is 0 Å². The van der Waals surface area contributed by atoms with Crippen LogP contribution in [0.2, 0.25) is 0 Å². The third-order valence-corrected chi connectivity index (χ3v) is 4.45. The number of hydrogen-bond acceptors (Lipinski definition) is 3. The van der Waals surface area contributed by atoms with Crippen LogP contribution in [0.3, 0.4) is 0 Å². The largest absolute Gasteiger partial charge is 0.486 e. The lowest BCUT2D eigenvalue weighted by Gasteiger charge is -2.26. The molecule has 2 heterocycles. The highest BCUT2D eigenvalue weighted by Gasteiger charge is 2.22. The molecule has 1 fully saturated rings. The summed E-state index contributed by atoms with van der Waals surface area (Å²) in [4.78, 5) is 0. The van der Waals surface area contributed by atoms with Crippen molar-refractivity contribution in [3.63, 3.8) is 0 Å². The maximum Gasteiger partial charge on any atom is 0.165 e. The van der Waals surface area contributed by atoms with Gasteiger partial charge < -0.3 is 14.8 Å². The van der Waals surface area contributed by atoms with E-state index in [2.05, 4.69) is 27.3 Å². The van der Waals surface area contributed by atoms with Gasteiger partial charge in [0, 0.05) is 10.0 Å². The molecule has 4 heteroatoms. The molecule has 1 aromatic rings. The second kappa shape index (κ2) is 5.49. The van der Waals surface area contributed by atoms with Crippen molar-refractivity contribution >= 4 is 15.9 Å². The number of nitrogens with one attached hydrogen (secondary N) is 1. The summed E-state index contributed by atoms with van der Waals surface area (Å²) in [5, 5.41) is 3.41. The fraction of sp³-hybridized carbons (Fsp3) is 0.571. The van der Waals surface area contributed by atoms with E-state index < -0.39 is 0 Å². The topological polar surface area (TPSA) is 30.5 Å². The molecule has 18 heavy (non-hydrogen) atoms. The minimum Gasteiger partial charge on any atom is -0.486 e. The molecule has 0 atom stereocenters. The lowest BCUT2D eigenvalue weighted by Crippen LogP contribution is -2.29. The number of rotatable bonds is 2. The summed E-state index contributed by atoms with van der Waals surface area (Å²) in [5.41, 5.74) is 1.28. The average Bonchev–Trinajstić information content (AvgIpc) is 2.43. The Balaban J connectivity index is 1.85. The summed E-state index contributed by atoms with van der Waals surface area (Å²) in [6.45, 7) is 3.58. The van der Waals surface area contributed by atoms with Crippen molar-refractivity contribution < 1.29 is 9.47 Å². The highest BCUT2D eigenvalue weighted by molar-refractivity contribution is 9.10. The molecule has 0 spiro atoms. The second-order valence-electron chi connectivity index (χ2n) is 4.95. The van der Waals surface area contributed by atoms with Crippen molar-refractivity contribution in [2.75, 3.05) is 26.3 Å². The van der Waals surface area contributed by atoms with Gasteiger partial charge in [-0.25, -0.2) is 0 Å². The van der Waals surface area contributed by atoms with Gasteiger partial charge in [0.2, 0.25) is 0 Å². The first-order valence-corrected chi connectivity index (χ1v) is 7.41. The lowest BCUT2D eigenvalue weighted by atomic mass is 9.90. The molecule has 0 aromatic heterocycles. The van der Waals surface area contributed by atoms with Gasteiger partial charge in [-0.1, -0.05) is 15.9 Å².